The molecule has 0 atom stereocenters. The Morgan fingerprint density at radius 2 is 1.83 bits per heavy atom. The van der Waals surface area contributed by atoms with Crippen molar-refractivity contribution in [3.8, 4) is 0 Å². The van der Waals surface area contributed by atoms with Crippen LogP contribution in [0.5, 0.6) is 0 Å². The molecule has 8 heteroatoms. The molecule has 2 aromatic rings. The number of benzene rings is 2. The number of hydrogen-bond acceptors (Lipinski definition) is 4. The summed E-state index contributed by atoms with van der Waals surface area (Å²) in [6.45, 7) is -0.611. The zero-order valence-electron chi connectivity index (χ0n) is 12.2. The third kappa shape index (κ3) is 4.30. The third-order valence-electron chi connectivity index (χ3n) is 2.95. The molecule has 124 valence electrons. The Morgan fingerprint density at radius 1 is 1.12 bits per heavy atom. The lowest BCUT2D eigenvalue weighted by atomic mass is 10.1. The van der Waals surface area contributed by atoms with Crippen molar-refractivity contribution < 1.29 is 23.5 Å². The second-order valence-electron chi connectivity index (χ2n) is 4.66. The van der Waals surface area contributed by atoms with Crippen molar-refractivity contribution in [1.29, 1.82) is 0 Å². The zero-order valence-corrected chi connectivity index (χ0v) is 13.0. The molecule has 0 aliphatic heterocycles. The fraction of sp³-hybridized carbons (Fsp3) is 0.0625. The molecule has 24 heavy (non-hydrogen) atoms. The van der Waals surface area contributed by atoms with Crippen LogP contribution in [-0.4, -0.2) is 24.4 Å². The van der Waals surface area contributed by atoms with Crippen LogP contribution in [0.3, 0.4) is 0 Å². The largest absolute Gasteiger partial charge is 0.452 e. The molecule has 0 radical (unpaired) electrons. The third-order valence-corrected chi connectivity index (χ3v) is 3.26. The summed E-state index contributed by atoms with van der Waals surface area (Å²) in [5.74, 6) is -2.85. The van der Waals surface area contributed by atoms with Crippen LogP contribution in [0.2, 0.25) is 5.02 Å². The highest BCUT2D eigenvalue weighted by Crippen LogP contribution is 2.18. The number of carbonyl (C=O) groups excluding carboxylic acids is 3. The van der Waals surface area contributed by atoms with E-state index in [0.29, 0.717) is 0 Å². The summed E-state index contributed by atoms with van der Waals surface area (Å²) in [7, 11) is 0. The van der Waals surface area contributed by atoms with Crippen molar-refractivity contribution >= 4 is 35.1 Å². The molecule has 0 aliphatic carbocycles. The van der Waals surface area contributed by atoms with Crippen LogP contribution in [-0.2, 0) is 9.53 Å². The first-order chi connectivity index (χ1) is 11.4. The van der Waals surface area contributed by atoms with Crippen molar-refractivity contribution in [2.45, 2.75) is 0 Å². The number of anilines is 1. The molecule has 6 nitrogen and oxygen atoms in total. The van der Waals surface area contributed by atoms with E-state index in [2.05, 4.69) is 5.32 Å². The molecule has 2 amide bonds. The molecular formula is C16H12ClFN2O4. The minimum absolute atomic E-state index is 0.0663. The number of ether oxygens (including phenoxy) is 1. The average molecular weight is 351 g/mol. The number of primary amides is 1. The Hall–Kier alpha value is -2.93. The lowest BCUT2D eigenvalue weighted by Gasteiger charge is -2.09. The van der Waals surface area contributed by atoms with E-state index in [-0.39, 0.29) is 21.8 Å². The smallest absolute Gasteiger partial charge is 0.340 e. The standard InChI is InChI=1S/C16H12ClFN2O4/c17-12-7-9(18)5-6-10(12)16(23)24-8-14(21)20-13-4-2-1-3-11(13)15(19)22/h1-7H,8H2,(H2,19,22)(H,20,21). The first-order valence-corrected chi connectivity index (χ1v) is 7.07. The van der Waals surface area contributed by atoms with Gasteiger partial charge in [0, 0.05) is 0 Å². The number of hydrogen-bond donors (Lipinski definition) is 2. The number of rotatable bonds is 5. The van der Waals surface area contributed by atoms with Crippen LogP contribution < -0.4 is 11.1 Å². The first-order valence-electron chi connectivity index (χ1n) is 6.69. The number of amides is 2. The van der Waals surface area contributed by atoms with Gasteiger partial charge in [-0.15, -0.1) is 0 Å². The highest BCUT2D eigenvalue weighted by molar-refractivity contribution is 6.33. The summed E-state index contributed by atoms with van der Waals surface area (Å²) in [5.41, 5.74) is 5.45. The van der Waals surface area contributed by atoms with Gasteiger partial charge in [-0.2, -0.15) is 0 Å². The van der Waals surface area contributed by atoms with E-state index in [9.17, 15) is 18.8 Å². The molecule has 0 spiro atoms. The van der Waals surface area contributed by atoms with Crippen LogP contribution in [0.4, 0.5) is 10.1 Å². The van der Waals surface area contributed by atoms with Gasteiger partial charge in [0.05, 0.1) is 21.8 Å². The molecule has 0 unspecified atom stereocenters. The lowest BCUT2D eigenvalue weighted by Crippen LogP contribution is -2.23. The maximum absolute atomic E-state index is 12.9. The Labute approximate surface area is 141 Å². The second-order valence-corrected chi connectivity index (χ2v) is 5.07. The van der Waals surface area contributed by atoms with Crippen molar-refractivity contribution in [3.05, 3.63) is 64.4 Å². The SMILES string of the molecule is NC(=O)c1ccccc1NC(=O)COC(=O)c1ccc(F)cc1Cl. The van der Waals surface area contributed by atoms with E-state index >= 15 is 0 Å². The second kappa shape index (κ2) is 7.56. The van der Waals surface area contributed by atoms with E-state index in [1.54, 1.807) is 12.1 Å². The van der Waals surface area contributed by atoms with Gasteiger partial charge < -0.3 is 15.8 Å². The molecule has 2 aromatic carbocycles. The van der Waals surface area contributed by atoms with E-state index in [1.165, 1.54) is 12.1 Å². The summed E-state index contributed by atoms with van der Waals surface area (Å²) >= 11 is 5.73. The van der Waals surface area contributed by atoms with Crippen LogP contribution in [0, 0.1) is 5.82 Å². The molecule has 3 N–H and O–H groups in total. The van der Waals surface area contributed by atoms with Gasteiger partial charge in [-0.3, -0.25) is 9.59 Å². The Morgan fingerprint density at radius 3 is 2.50 bits per heavy atom. The van der Waals surface area contributed by atoms with Crippen molar-refractivity contribution in [2.24, 2.45) is 5.73 Å². The summed E-state index contributed by atoms with van der Waals surface area (Å²) in [6, 6.07) is 9.28. The zero-order chi connectivity index (χ0) is 17.7. The van der Waals surface area contributed by atoms with Gasteiger partial charge >= 0.3 is 5.97 Å². The van der Waals surface area contributed by atoms with Gasteiger partial charge in [0.1, 0.15) is 5.82 Å². The van der Waals surface area contributed by atoms with E-state index in [4.69, 9.17) is 22.1 Å². The molecule has 0 aromatic heterocycles. The monoisotopic (exact) mass is 350 g/mol. The Balaban J connectivity index is 1.99. The number of halogens is 2. The van der Waals surface area contributed by atoms with Crippen LogP contribution in [0.25, 0.3) is 0 Å². The van der Waals surface area contributed by atoms with E-state index < -0.39 is 30.2 Å². The molecule has 0 saturated heterocycles. The molecular weight excluding hydrogens is 339 g/mol. The fourth-order valence-corrected chi connectivity index (χ4v) is 2.10. The molecule has 0 heterocycles. The number of nitrogens with one attached hydrogen (secondary N) is 1. The number of para-hydroxylation sites is 1. The van der Waals surface area contributed by atoms with Crippen molar-refractivity contribution in [3.63, 3.8) is 0 Å². The fourth-order valence-electron chi connectivity index (χ4n) is 1.86. The predicted molar refractivity (Wildman–Crippen MR) is 85.3 cm³/mol. The minimum atomic E-state index is -0.877. The summed E-state index contributed by atoms with van der Waals surface area (Å²) in [5, 5.41) is 2.29. The predicted octanol–water partition coefficient (Wildman–Crippen LogP) is 2.37. The average Bonchev–Trinajstić information content (AvgIpc) is 2.53. The highest BCUT2D eigenvalue weighted by atomic mass is 35.5. The Kier molecular flexibility index (Phi) is 5.49. The minimum Gasteiger partial charge on any atom is -0.452 e. The van der Waals surface area contributed by atoms with Crippen molar-refractivity contribution in [2.75, 3.05) is 11.9 Å². The molecule has 0 saturated carbocycles. The van der Waals surface area contributed by atoms with Crippen LogP contribution in [0.15, 0.2) is 42.5 Å². The molecule has 0 aliphatic rings. The highest BCUT2D eigenvalue weighted by Gasteiger charge is 2.15. The normalized spacial score (nSPS) is 10.1. The van der Waals surface area contributed by atoms with Crippen molar-refractivity contribution in [1.82, 2.24) is 0 Å². The van der Waals surface area contributed by atoms with Gasteiger partial charge in [0.15, 0.2) is 6.61 Å². The maximum Gasteiger partial charge on any atom is 0.340 e. The number of nitrogens with two attached hydrogens (primary N) is 1. The van der Waals surface area contributed by atoms with Gasteiger partial charge in [-0.05, 0) is 30.3 Å². The topological polar surface area (TPSA) is 98.5 Å². The summed E-state index contributed by atoms with van der Waals surface area (Å²) < 4.78 is 17.7. The molecule has 0 bridgehead atoms. The summed E-state index contributed by atoms with van der Waals surface area (Å²) in [4.78, 5) is 34.9. The quantitative estimate of drug-likeness (QED) is 0.809. The molecule has 2 rings (SSSR count). The van der Waals surface area contributed by atoms with E-state index in [1.807, 2.05) is 0 Å². The number of carbonyl (C=O) groups is 3. The van der Waals surface area contributed by atoms with Gasteiger partial charge in [-0.1, -0.05) is 23.7 Å². The van der Waals surface area contributed by atoms with Crippen LogP contribution >= 0.6 is 11.6 Å². The first kappa shape index (κ1) is 17.4. The van der Waals surface area contributed by atoms with Gasteiger partial charge in [0.2, 0.25) is 0 Å². The Bertz CT molecular complexity index is 810. The van der Waals surface area contributed by atoms with Gasteiger partial charge in [0.25, 0.3) is 11.8 Å². The lowest BCUT2D eigenvalue weighted by molar-refractivity contribution is -0.119. The van der Waals surface area contributed by atoms with Crippen LogP contribution in [0.1, 0.15) is 20.7 Å². The number of esters is 1. The maximum atomic E-state index is 12.9. The van der Waals surface area contributed by atoms with E-state index in [0.717, 1.165) is 18.2 Å². The molecule has 0 fully saturated rings. The van der Waals surface area contributed by atoms with Gasteiger partial charge in [-0.25, -0.2) is 9.18 Å². The summed E-state index contributed by atoms with van der Waals surface area (Å²) in [6.07, 6.45) is 0.